The number of carbonyl (C=O) groups is 1. The molecule has 0 aliphatic carbocycles. The van der Waals surface area contributed by atoms with Crippen LogP contribution >= 0.6 is 0 Å². The van der Waals surface area contributed by atoms with Gasteiger partial charge in [0, 0.05) is 36.6 Å². The zero-order valence-corrected chi connectivity index (χ0v) is 15.0. The van der Waals surface area contributed by atoms with Crippen molar-refractivity contribution >= 4 is 5.91 Å². The van der Waals surface area contributed by atoms with Crippen molar-refractivity contribution in [1.29, 1.82) is 0 Å². The highest BCUT2D eigenvalue weighted by molar-refractivity contribution is 5.95. The minimum Gasteiger partial charge on any atom is -0.387 e. The molecular formula is C20H26N4O2. The van der Waals surface area contributed by atoms with Crippen LogP contribution in [-0.4, -0.2) is 69.1 Å². The van der Waals surface area contributed by atoms with Gasteiger partial charge in [0.05, 0.1) is 12.1 Å². The van der Waals surface area contributed by atoms with E-state index < -0.39 is 5.60 Å². The van der Waals surface area contributed by atoms with Gasteiger partial charge in [-0.3, -0.25) is 4.79 Å². The lowest BCUT2D eigenvalue weighted by Crippen LogP contribution is -2.55. The lowest BCUT2D eigenvalue weighted by atomic mass is 9.91. The van der Waals surface area contributed by atoms with E-state index in [1.807, 2.05) is 24.3 Å². The first-order valence-electron chi connectivity index (χ1n) is 9.47. The molecule has 1 aromatic heterocycles. The Hall–Kier alpha value is -2.18. The average Bonchev–Trinajstić information content (AvgIpc) is 3.35. The number of piperidine rings is 1. The minimum atomic E-state index is -0.795. The number of likely N-dealkylation sites (tertiary alicyclic amines) is 2. The van der Waals surface area contributed by atoms with E-state index in [0.717, 1.165) is 37.3 Å². The number of nitrogens with zero attached hydrogens (tertiary/aromatic N) is 3. The average molecular weight is 354 g/mol. The Bertz CT molecular complexity index is 755. The molecule has 2 fully saturated rings. The lowest BCUT2D eigenvalue weighted by molar-refractivity contribution is -0.0431. The van der Waals surface area contributed by atoms with E-state index in [2.05, 4.69) is 14.9 Å². The summed E-state index contributed by atoms with van der Waals surface area (Å²) < 4.78 is 0. The van der Waals surface area contributed by atoms with E-state index in [9.17, 15) is 9.90 Å². The summed E-state index contributed by atoms with van der Waals surface area (Å²) in [5.74, 6) is 0.738. The second-order valence-electron chi connectivity index (χ2n) is 7.56. The number of carbonyl (C=O) groups excluding carboxylic acids is 1. The fraction of sp³-hybridized carbons (Fsp3) is 0.500. The largest absolute Gasteiger partial charge is 0.387 e. The van der Waals surface area contributed by atoms with Gasteiger partial charge in [-0.25, -0.2) is 4.98 Å². The van der Waals surface area contributed by atoms with Crippen molar-refractivity contribution < 1.29 is 9.90 Å². The van der Waals surface area contributed by atoms with Gasteiger partial charge in [0.25, 0.3) is 5.91 Å². The number of hydrogen-bond donors (Lipinski definition) is 2. The summed E-state index contributed by atoms with van der Waals surface area (Å²) >= 11 is 0. The molecule has 1 atom stereocenters. The van der Waals surface area contributed by atoms with Crippen LogP contribution in [0.25, 0.3) is 11.4 Å². The van der Waals surface area contributed by atoms with E-state index in [4.69, 9.17) is 0 Å². The van der Waals surface area contributed by atoms with Crippen LogP contribution in [0.15, 0.2) is 36.7 Å². The van der Waals surface area contributed by atoms with Crippen LogP contribution < -0.4 is 0 Å². The summed E-state index contributed by atoms with van der Waals surface area (Å²) in [4.78, 5) is 24.5. The minimum absolute atomic E-state index is 0.0158. The number of nitrogens with one attached hydrogen (secondary N) is 1. The molecule has 1 unspecified atom stereocenters. The van der Waals surface area contributed by atoms with Crippen molar-refractivity contribution in [2.75, 3.05) is 32.7 Å². The first-order chi connectivity index (χ1) is 12.6. The lowest BCUT2D eigenvalue weighted by Gasteiger charge is -2.41. The standard InChI is InChI=1S/C20H26N4O2/c25-19(17-6-3-5-16(13-17)18-21-8-9-22-18)24-12-4-7-20(26,15-24)14-23-10-1-2-11-23/h3,5-6,8-9,13,26H,1-2,4,7,10-12,14-15H2,(H,21,22). The van der Waals surface area contributed by atoms with Crippen molar-refractivity contribution in [2.45, 2.75) is 31.3 Å². The zero-order chi connectivity index (χ0) is 18.0. The highest BCUT2D eigenvalue weighted by atomic mass is 16.3. The van der Waals surface area contributed by atoms with Gasteiger partial charge in [-0.05, 0) is 50.9 Å². The second-order valence-corrected chi connectivity index (χ2v) is 7.56. The summed E-state index contributed by atoms with van der Waals surface area (Å²) in [7, 11) is 0. The van der Waals surface area contributed by atoms with Gasteiger partial charge >= 0.3 is 0 Å². The van der Waals surface area contributed by atoms with Gasteiger partial charge in [-0.2, -0.15) is 0 Å². The Kier molecular flexibility index (Phi) is 4.78. The molecule has 6 nitrogen and oxygen atoms in total. The second kappa shape index (κ2) is 7.21. The molecule has 26 heavy (non-hydrogen) atoms. The van der Waals surface area contributed by atoms with Gasteiger partial charge in [0.1, 0.15) is 5.82 Å². The maximum Gasteiger partial charge on any atom is 0.253 e. The number of rotatable bonds is 4. The number of hydrogen-bond acceptors (Lipinski definition) is 4. The molecule has 3 heterocycles. The molecule has 0 bridgehead atoms. The third-order valence-corrected chi connectivity index (χ3v) is 5.44. The van der Waals surface area contributed by atoms with Crippen LogP contribution in [0.2, 0.25) is 0 Å². The zero-order valence-electron chi connectivity index (χ0n) is 15.0. The van der Waals surface area contributed by atoms with Gasteiger partial charge in [-0.1, -0.05) is 12.1 Å². The fourth-order valence-electron chi connectivity index (χ4n) is 4.18. The maximum atomic E-state index is 13.0. The Morgan fingerprint density at radius 3 is 2.85 bits per heavy atom. The molecule has 1 amide bonds. The van der Waals surface area contributed by atoms with Gasteiger partial charge in [0.2, 0.25) is 0 Å². The maximum absolute atomic E-state index is 13.0. The topological polar surface area (TPSA) is 72.5 Å². The molecule has 138 valence electrons. The molecule has 2 N–H and O–H groups in total. The van der Waals surface area contributed by atoms with E-state index >= 15 is 0 Å². The Morgan fingerprint density at radius 1 is 1.23 bits per heavy atom. The SMILES string of the molecule is O=C(c1cccc(-c2ncc[nH]2)c1)N1CCCC(O)(CN2CCCC2)C1. The molecule has 2 aliphatic heterocycles. The normalized spacial score (nSPS) is 24.1. The van der Waals surface area contributed by atoms with Crippen LogP contribution in [0.4, 0.5) is 0 Å². The third-order valence-electron chi connectivity index (χ3n) is 5.44. The molecule has 1 aromatic carbocycles. The Balaban J connectivity index is 1.48. The van der Waals surface area contributed by atoms with Crippen molar-refractivity contribution in [1.82, 2.24) is 19.8 Å². The fourth-order valence-corrected chi connectivity index (χ4v) is 4.18. The molecule has 2 aromatic rings. The van der Waals surface area contributed by atoms with E-state index in [1.165, 1.54) is 12.8 Å². The number of H-pyrrole nitrogens is 1. The predicted octanol–water partition coefficient (Wildman–Crippen LogP) is 2.14. The van der Waals surface area contributed by atoms with Crippen molar-refractivity contribution in [3.05, 3.63) is 42.2 Å². The van der Waals surface area contributed by atoms with E-state index in [0.29, 0.717) is 25.2 Å². The molecule has 2 aliphatic rings. The first-order valence-corrected chi connectivity index (χ1v) is 9.47. The molecule has 0 radical (unpaired) electrons. The number of aromatic nitrogens is 2. The highest BCUT2D eigenvalue weighted by Gasteiger charge is 2.37. The third kappa shape index (κ3) is 3.66. The van der Waals surface area contributed by atoms with E-state index in [-0.39, 0.29) is 5.91 Å². The summed E-state index contributed by atoms with van der Waals surface area (Å²) in [6.07, 6.45) is 7.49. The highest BCUT2D eigenvalue weighted by Crippen LogP contribution is 2.26. The van der Waals surface area contributed by atoms with Crippen LogP contribution in [0.3, 0.4) is 0 Å². The van der Waals surface area contributed by atoms with Gasteiger partial charge in [-0.15, -0.1) is 0 Å². The van der Waals surface area contributed by atoms with Crippen molar-refractivity contribution in [2.24, 2.45) is 0 Å². The molecule has 2 saturated heterocycles. The molecule has 0 saturated carbocycles. The smallest absolute Gasteiger partial charge is 0.253 e. The van der Waals surface area contributed by atoms with Crippen LogP contribution in [0.1, 0.15) is 36.0 Å². The van der Waals surface area contributed by atoms with Crippen LogP contribution in [0.5, 0.6) is 0 Å². The van der Waals surface area contributed by atoms with Crippen molar-refractivity contribution in [3.8, 4) is 11.4 Å². The number of aromatic amines is 1. The summed E-state index contributed by atoms with van der Waals surface area (Å²) in [6, 6.07) is 7.53. The molecule has 4 rings (SSSR count). The predicted molar refractivity (Wildman–Crippen MR) is 99.8 cm³/mol. The molecular weight excluding hydrogens is 328 g/mol. The van der Waals surface area contributed by atoms with E-state index in [1.54, 1.807) is 17.3 Å². The molecule has 0 spiro atoms. The summed E-state index contributed by atoms with van der Waals surface area (Å²) in [5, 5.41) is 11.1. The number of aliphatic hydroxyl groups is 1. The van der Waals surface area contributed by atoms with Gasteiger partial charge in [0.15, 0.2) is 0 Å². The summed E-state index contributed by atoms with van der Waals surface area (Å²) in [5.41, 5.74) is 0.742. The van der Waals surface area contributed by atoms with Crippen LogP contribution in [-0.2, 0) is 0 Å². The Labute approximate surface area is 153 Å². The monoisotopic (exact) mass is 354 g/mol. The summed E-state index contributed by atoms with van der Waals surface area (Å²) in [6.45, 7) is 3.89. The van der Waals surface area contributed by atoms with Gasteiger partial charge < -0.3 is 19.9 Å². The molecule has 6 heteroatoms. The quantitative estimate of drug-likeness (QED) is 0.882. The number of amides is 1. The van der Waals surface area contributed by atoms with Crippen LogP contribution in [0, 0.1) is 0 Å². The number of β-amino-alcohol motifs (C(OH)–C–C–N with tert-alkyl or cyclic N) is 1. The Morgan fingerprint density at radius 2 is 2.08 bits per heavy atom. The van der Waals surface area contributed by atoms with Crippen molar-refractivity contribution in [3.63, 3.8) is 0 Å². The number of imidazole rings is 1. The number of benzene rings is 1. The first kappa shape index (κ1) is 17.2.